The molecule has 0 spiro atoms. The fourth-order valence-electron chi connectivity index (χ4n) is 3.35. The third kappa shape index (κ3) is 3.80. The first-order valence-electron chi connectivity index (χ1n) is 9.28. The van der Waals surface area contributed by atoms with Crippen LogP contribution in [0.1, 0.15) is 36.7 Å². The van der Waals surface area contributed by atoms with Crippen LogP contribution in [-0.4, -0.2) is 45.1 Å². The highest BCUT2D eigenvalue weighted by Gasteiger charge is 2.16. The summed E-state index contributed by atoms with van der Waals surface area (Å²) in [6, 6.07) is 10.8. The number of aryl methyl sites for hydroxylation is 1. The number of aromatic nitrogens is 2. The van der Waals surface area contributed by atoms with Crippen molar-refractivity contribution in [3.05, 3.63) is 47.5 Å². The maximum Gasteiger partial charge on any atom is 0.252 e. The van der Waals surface area contributed by atoms with Crippen LogP contribution < -0.4 is 5.32 Å². The Morgan fingerprint density at radius 3 is 2.63 bits per heavy atom. The number of benzene rings is 2. The van der Waals surface area contributed by atoms with Crippen molar-refractivity contribution >= 4 is 16.9 Å². The number of aromatic amines is 1. The van der Waals surface area contributed by atoms with Crippen molar-refractivity contribution in [2.24, 2.45) is 0 Å². The largest absolute Gasteiger partial charge is 0.506 e. The zero-order valence-corrected chi connectivity index (χ0v) is 16.2. The lowest BCUT2D eigenvalue weighted by molar-refractivity contribution is 0.0875. The van der Waals surface area contributed by atoms with Crippen LogP contribution >= 0.6 is 0 Å². The summed E-state index contributed by atoms with van der Waals surface area (Å²) >= 11 is 0. The van der Waals surface area contributed by atoms with Crippen LogP contribution in [0, 0.1) is 6.92 Å². The highest BCUT2D eigenvalue weighted by Crippen LogP contribution is 2.28. The molecule has 0 aliphatic heterocycles. The summed E-state index contributed by atoms with van der Waals surface area (Å²) in [6.07, 6.45) is -0.0224. The standard InChI is InChI=1S/C21H26N4O2/c1-5-25(6-2)14(4)22-21(27)15-10-11-16(13(3)12-15)20-23-17-8-7-9-18(26)19(17)24-20/h7-12,14,26H,5-6H2,1-4H3,(H,22,27)(H,23,24). The second kappa shape index (κ2) is 7.80. The Morgan fingerprint density at radius 1 is 1.26 bits per heavy atom. The van der Waals surface area contributed by atoms with Gasteiger partial charge in [0.2, 0.25) is 0 Å². The van der Waals surface area contributed by atoms with Crippen LogP contribution in [0.25, 0.3) is 22.4 Å². The monoisotopic (exact) mass is 366 g/mol. The van der Waals surface area contributed by atoms with Crippen molar-refractivity contribution in [3.63, 3.8) is 0 Å². The maximum atomic E-state index is 12.6. The quantitative estimate of drug-likeness (QED) is 0.582. The molecule has 1 aromatic heterocycles. The van der Waals surface area contributed by atoms with Crippen molar-refractivity contribution < 1.29 is 9.90 Å². The summed E-state index contributed by atoms with van der Waals surface area (Å²) < 4.78 is 0. The van der Waals surface area contributed by atoms with E-state index in [1.165, 1.54) is 0 Å². The highest BCUT2D eigenvalue weighted by molar-refractivity contribution is 5.95. The Morgan fingerprint density at radius 2 is 2.00 bits per heavy atom. The fourth-order valence-corrected chi connectivity index (χ4v) is 3.35. The Hall–Kier alpha value is -2.86. The predicted molar refractivity (Wildman–Crippen MR) is 108 cm³/mol. The smallest absolute Gasteiger partial charge is 0.252 e. The highest BCUT2D eigenvalue weighted by atomic mass is 16.3. The van der Waals surface area contributed by atoms with Gasteiger partial charge in [0, 0.05) is 11.1 Å². The number of carbonyl (C=O) groups is 1. The lowest BCUT2D eigenvalue weighted by Gasteiger charge is -2.27. The molecule has 6 heteroatoms. The Bertz CT molecular complexity index is 960. The van der Waals surface area contributed by atoms with E-state index in [2.05, 4.69) is 34.0 Å². The van der Waals surface area contributed by atoms with E-state index in [-0.39, 0.29) is 17.8 Å². The predicted octanol–water partition coefficient (Wildman–Crippen LogP) is 3.66. The molecule has 3 rings (SSSR count). The van der Waals surface area contributed by atoms with Gasteiger partial charge < -0.3 is 15.4 Å². The minimum absolute atomic E-state index is 0.0224. The van der Waals surface area contributed by atoms with Gasteiger partial charge in [0.25, 0.3) is 5.91 Å². The molecule has 3 aromatic rings. The van der Waals surface area contributed by atoms with Crippen LogP contribution in [0.3, 0.4) is 0 Å². The van der Waals surface area contributed by atoms with Gasteiger partial charge in [-0.15, -0.1) is 0 Å². The molecule has 0 saturated carbocycles. The summed E-state index contributed by atoms with van der Waals surface area (Å²) in [5.41, 5.74) is 3.78. The van der Waals surface area contributed by atoms with Crippen LogP contribution in [0.5, 0.6) is 5.75 Å². The number of amides is 1. The molecule has 6 nitrogen and oxygen atoms in total. The number of phenols is 1. The topological polar surface area (TPSA) is 81.2 Å². The minimum atomic E-state index is -0.0914. The second-order valence-corrected chi connectivity index (χ2v) is 6.66. The number of imidazole rings is 1. The first-order chi connectivity index (χ1) is 12.9. The Balaban J connectivity index is 1.84. The molecule has 1 heterocycles. The van der Waals surface area contributed by atoms with Crippen LogP contribution in [0.4, 0.5) is 0 Å². The van der Waals surface area contributed by atoms with E-state index in [1.54, 1.807) is 18.2 Å². The molecule has 142 valence electrons. The lowest BCUT2D eigenvalue weighted by Crippen LogP contribution is -2.46. The number of nitrogens with zero attached hydrogens (tertiary/aromatic N) is 2. The Kier molecular flexibility index (Phi) is 5.46. The van der Waals surface area contributed by atoms with Gasteiger partial charge in [-0.05, 0) is 56.8 Å². The van der Waals surface area contributed by atoms with Crippen molar-refractivity contribution in [1.29, 1.82) is 0 Å². The molecule has 1 unspecified atom stereocenters. The summed E-state index contributed by atoms with van der Waals surface area (Å²) in [7, 11) is 0. The fraction of sp³-hybridized carbons (Fsp3) is 0.333. The molecule has 3 N–H and O–H groups in total. The van der Waals surface area contributed by atoms with E-state index in [4.69, 9.17) is 0 Å². The van der Waals surface area contributed by atoms with E-state index in [0.717, 1.165) is 29.7 Å². The average Bonchev–Trinajstić information content (AvgIpc) is 3.08. The minimum Gasteiger partial charge on any atom is -0.506 e. The van der Waals surface area contributed by atoms with Crippen molar-refractivity contribution in [1.82, 2.24) is 20.2 Å². The number of hydrogen-bond acceptors (Lipinski definition) is 4. The average molecular weight is 366 g/mol. The third-order valence-corrected chi connectivity index (χ3v) is 4.94. The van der Waals surface area contributed by atoms with Crippen molar-refractivity contribution in [3.8, 4) is 17.1 Å². The normalized spacial score (nSPS) is 12.5. The molecule has 2 aromatic carbocycles. The van der Waals surface area contributed by atoms with E-state index in [9.17, 15) is 9.90 Å². The summed E-state index contributed by atoms with van der Waals surface area (Å²) in [6.45, 7) is 9.87. The van der Waals surface area contributed by atoms with Crippen molar-refractivity contribution in [2.45, 2.75) is 33.9 Å². The first kappa shape index (κ1) is 18.9. The molecule has 0 aliphatic carbocycles. The zero-order chi connectivity index (χ0) is 19.6. The Labute approximate surface area is 159 Å². The summed E-state index contributed by atoms with van der Waals surface area (Å²) in [5.74, 6) is 0.729. The van der Waals surface area contributed by atoms with E-state index < -0.39 is 0 Å². The number of hydrogen-bond donors (Lipinski definition) is 3. The third-order valence-electron chi connectivity index (χ3n) is 4.94. The summed E-state index contributed by atoms with van der Waals surface area (Å²) in [5, 5.41) is 13.0. The summed E-state index contributed by atoms with van der Waals surface area (Å²) in [4.78, 5) is 22.5. The van der Waals surface area contributed by atoms with Gasteiger partial charge in [-0.1, -0.05) is 26.0 Å². The molecule has 0 bridgehead atoms. The number of H-pyrrole nitrogens is 1. The number of rotatable bonds is 6. The van der Waals surface area contributed by atoms with Crippen LogP contribution in [0.2, 0.25) is 0 Å². The van der Waals surface area contributed by atoms with Crippen LogP contribution in [0.15, 0.2) is 36.4 Å². The number of fused-ring (bicyclic) bond motifs is 1. The molecular weight excluding hydrogens is 340 g/mol. The maximum absolute atomic E-state index is 12.6. The van der Waals surface area contributed by atoms with Gasteiger partial charge in [0.1, 0.15) is 17.1 Å². The van der Waals surface area contributed by atoms with Gasteiger partial charge >= 0.3 is 0 Å². The van der Waals surface area contributed by atoms with Gasteiger partial charge in [0.15, 0.2) is 0 Å². The molecule has 27 heavy (non-hydrogen) atoms. The number of carbonyl (C=O) groups excluding carboxylic acids is 1. The molecule has 0 saturated heterocycles. The van der Waals surface area contributed by atoms with E-state index >= 15 is 0 Å². The van der Waals surface area contributed by atoms with Gasteiger partial charge in [0.05, 0.1) is 11.7 Å². The molecule has 1 atom stereocenters. The number of para-hydroxylation sites is 1. The van der Waals surface area contributed by atoms with Crippen molar-refractivity contribution in [2.75, 3.05) is 13.1 Å². The zero-order valence-electron chi connectivity index (χ0n) is 16.2. The number of nitrogens with one attached hydrogen (secondary N) is 2. The number of phenolic OH excluding ortho intramolecular Hbond substituents is 1. The van der Waals surface area contributed by atoms with Gasteiger partial charge in [-0.2, -0.15) is 0 Å². The van der Waals surface area contributed by atoms with Gasteiger partial charge in [-0.3, -0.25) is 9.69 Å². The lowest BCUT2D eigenvalue weighted by atomic mass is 10.0. The molecule has 0 radical (unpaired) electrons. The van der Waals surface area contributed by atoms with E-state index in [1.807, 2.05) is 32.0 Å². The van der Waals surface area contributed by atoms with Crippen LogP contribution in [-0.2, 0) is 0 Å². The molecular formula is C21H26N4O2. The second-order valence-electron chi connectivity index (χ2n) is 6.66. The molecule has 1 amide bonds. The van der Waals surface area contributed by atoms with E-state index in [0.29, 0.717) is 16.9 Å². The first-order valence-corrected chi connectivity index (χ1v) is 9.28. The SMILES string of the molecule is CCN(CC)C(C)NC(=O)c1ccc(-c2nc3c(O)cccc3[nH]2)c(C)c1. The number of aromatic hydroxyl groups is 1. The molecule has 0 aliphatic rings. The molecule has 0 fully saturated rings. The van der Waals surface area contributed by atoms with Gasteiger partial charge in [-0.25, -0.2) is 4.98 Å².